The largest absolute Gasteiger partial charge is 0.487 e. The van der Waals surface area contributed by atoms with Crippen LogP contribution in [0.2, 0.25) is 0 Å². The highest BCUT2D eigenvalue weighted by atomic mass is 16.6. The quantitative estimate of drug-likeness (QED) is 0.627. The minimum Gasteiger partial charge on any atom is -0.487 e. The van der Waals surface area contributed by atoms with Crippen LogP contribution in [-0.4, -0.2) is 11.5 Å². The minimum atomic E-state index is -0.514. The molecule has 0 bridgehead atoms. The van der Waals surface area contributed by atoms with E-state index < -0.39 is 10.3 Å². The normalized spacial score (nSPS) is 10.8. The molecule has 2 N–H and O–H groups in total. The summed E-state index contributed by atoms with van der Waals surface area (Å²) >= 11 is 0. The van der Waals surface area contributed by atoms with Gasteiger partial charge in [0.05, 0.1) is 23.0 Å². The van der Waals surface area contributed by atoms with E-state index in [0.29, 0.717) is 6.42 Å². The minimum absolute atomic E-state index is 0.0908. The first-order valence-electron chi connectivity index (χ1n) is 5.91. The number of nitro benzene ring substituents is 1. The topological polar surface area (TPSA) is 102 Å². The average Bonchev–Trinajstić information content (AvgIpc) is 2.38. The zero-order valence-electron chi connectivity index (χ0n) is 11.0. The Morgan fingerprint density at radius 2 is 2.21 bits per heavy atom. The number of nitro groups is 1. The molecular weight excluding hydrogens is 246 g/mol. The summed E-state index contributed by atoms with van der Waals surface area (Å²) in [5.41, 5.74) is 5.66. The van der Waals surface area contributed by atoms with Gasteiger partial charge < -0.3 is 10.5 Å². The van der Waals surface area contributed by atoms with Crippen molar-refractivity contribution < 1.29 is 9.66 Å². The number of benzene rings is 1. The van der Waals surface area contributed by atoms with Gasteiger partial charge in [-0.15, -0.1) is 0 Å². The van der Waals surface area contributed by atoms with Crippen LogP contribution in [0.4, 0.5) is 5.69 Å². The predicted octanol–water partition coefficient (Wildman–Crippen LogP) is 2.37. The maximum atomic E-state index is 10.9. The van der Waals surface area contributed by atoms with E-state index in [-0.39, 0.29) is 24.6 Å². The second kappa shape index (κ2) is 6.16. The van der Waals surface area contributed by atoms with Crippen molar-refractivity contribution in [2.45, 2.75) is 26.8 Å². The van der Waals surface area contributed by atoms with Crippen molar-refractivity contribution in [2.75, 3.05) is 6.61 Å². The fraction of sp³-hybridized carbons (Fsp3) is 0.462. The SMILES string of the molecule is CC(C)(C#N)CCOc1cc(CN)ccc1[N+](=O)[O-]. The first-order chi connectivity index (χ1) is 8.89. The Morgan fingerprint density at radius 3 is 2.74 bits per heavy atom. The van der Waals surface area contributed by atoms with Gasteiger partial charge in [-0.25, -0.2) is 0 Å². The van der Waals surface area contributed by atoms with Gasteiger partial charge in [0.25, 0.3) is 0 Å². The molecule has 0 saturated heterocycles. The molecule has 102 valence electrons. The smallest absolute Gasteiger partial charge is 0.310 e. The third-order valence-electron chi connectivity index (χ3n) is 2.74. The number of nitriles is 1. The molecule has 0 amide bonds. The molecule has 0 aliphatic carbocycles. The van der Waals surface area contributed by atoms with Crippen LogP contribution in [0.5, 0.6) is 5.75 Å². The van der Waals surface area contributed by atoms with E-state index in [4.69, 9.17) is 15.7 Å². The fourth-order valence-corrected chi connectivity index (χ4v) is 1.42. The van der Waals surface area contributed by atoms with E-state index >= 15 is 0 Å². The lowest BCUT2D eigenvalue weighted by molar-refractivity contribution is -0.385. The van der Waals surface area contributed by atoms with Crippen LogP contribution in [0.3, 0.4) is 0 Å². The second-order valence-electron chi connectivity index (χ2n) is 4.86. The summed E-state index contributed by atoms with van der Waals surface area (Å²) < 4.78 is 5.43. The van der Waals surface area contributed by atoms with Crippen LogP contribution in [0.15, 0.2) is 18.2 Å². The number of ether oxygens (including phenoxy) is 1. The highest BCUT2D eigenvalue weighted by Crippen LogP contribution is 2.29. The van der Waals surface area contributed by atoms with E-state index in [1.54, 1.807) is 26.0 Å². The lowest BCUT2D eigenvalue weighted by atomic mass is 9.92. The Balaban J connectivity index is 2.81. The molecule has 19 heavy (non-hydrogen) atoms. The van der Waals surface area contributed by atoms with E-state index in [9.17, 15) is 10.1 Å². The summed E-state index contributed by atoms with van der Waals surface area (Å²) in [5, 5.41) is 19.8. The van der Waals surface area contributed by atoms with Crippen molar-refractivity contribution in [2.24, 2.45) is 11.1 Å². The van der Waals surface area contributed by atoms with Gasteiger partial charge in [-0.3, -0.25) is 10.1 Å². The molecule has 6 nitrogen and oxygen atoms in total. The molecule has 0 aliphatic rings. The third-order valence-corrected chi connectivity index (χ3v) is 2.74. The van der Waals surface area contributed by atoms with Crippen molar-refractivity contribution in [3.63, 3.8) is 0 Å². The van der Waals surface area contributed by atoms with Gasteiger partial charge in [0, 0.05) is 12.6 Å². The highest BCUT2D eigenvalue weighted by molar-refractivity contribution is 5.48. The van der Waals surface area contributed by atoms with Crippen molar-refractivity contribution in [3.8, 4) is 11.8 Å². The van der Waals surface area contributed by atoms with Crippen LogP contribution < -0.4 is 10.5 Å². The molecule has 0 fully saturated rings. The molecule has 0 aliphatic heterocycles. The maximum Gasteiger partial charge on any atom is 0.310 e. The Hall–Kier alpha value is -2.13. The van der Waals surface area contributed by atoms with Gasteiger partial charge in [0.15, 0.2) is 5.75 Å². The van der Waals surface area contributed by atoms with Gasteiger partial charge in [0.2, 0.25) is 0 Å². The monoisotopic (exact) mass is 263 g/mol. The van der Waals surface area contributed by atoms with Crippen LogP contribution in [-0.2, 0) is 6.54 Å². The molecule has 0 spiro atoms. The van der Waals surface area contributed by atoms with Gasteiger partial charge in [-0.1, -0.05) is 6.07 Å². The number of nitrogens with zero attached hydrogens (tertiary/aromatic N) is 2. The zero-order valence-corrected chi connectivity index (χ0v) is 11.0. The van der Waals surface area contributed by atoms with Gasteiger partial charge in [-0.2, -0.15) is 5.26 Å². The fourth-order valence-electron chi connectivity index (χ4n) is 1.42. The van der Waals surface area contributed by atoms with E-state index in [0.717, 1.165) is 5.56 Å². The molecule has 0 saturated carbocycles. The van der Waals surface area contributed by atoms with Crippen molar-refractivity contribution in [3.05, 3.63) is 33.9 Å². The summed E-state index contributed by atoms with van der Waals surface area (Å²) in [7, 11) is 0. The number of hydrogen-bond acceptors (Lipinski definition) is 5. The first kappa shape index (κ1) is 14.9. The number of hydrogen-bond donors (Lipinski definition) is 1. The van der Waals surface area contributed by atoms with E-state index in [1.807, 2.05) is 0 Å². The summed E-state index contributed by atoms with van der Waals surface area (Å²) in [6, 6.07) is 6.70. The second-order valence-corrected chi connectivity index (χ2v) is 4.86. The lowest BCUT2D eigenvalue weighted by Crippen LogP contribution is -2.13. The average molecular weight is 263 g/mol. The molecule has 1 rings (SSSR count). The molecule has 0 unspecified atom stereocenters. The Bertz CT molecular complexity index is 506. The summed E-state index contributed by atoms with van der Waals surface area (Å²) in [5.74, 6) is 0.196. The first-order valence-corrected chi connectivity index (χ1v) is 5.91. The maximum absolute atomic E-state index is 10.9. The summed E-state index contributed by atoms with van der Waals surface area (Å²) in [6.45, 7) is 4.12. The molecule has 0 aromatic heterocycles. The van der Waals surface area contributed by atoms with Gasteiger partial charge in [-0.05, 0) is 31.9 Å². The van der Waals surface area contributed by atoms with Crippen molar-refractivity contribution in [1.82, 2.24) is 0 Å². The zero-order chi connectivity index (χ0) is 14.5. The third kappa shape index (κ3) is 4.23. The Labute approximate surface area is 111 Å². The highest BCUT2D eigenvalue weighted by Gasteiger charge is 2.19. The molecule has 1 aromatic rings. The molecule has 0 atom stereocenters. The Morgan fingerprint density at radius 1 is 1.53 bits per heavy atom. The van der Waals surface area contributed by atoms with Crippen LogP contribution >= 0.6 is 0 Å². The van der Waals surface area contributed by atoms with Crippen molar-refractivity contribution in [1.29, 1.82) is 5.26 Å². The standard InChI is InChI=1S/C13H17N3O3/c1-13(2,9-15)5-6-19-12-7-10(8-14)3-4-11(12)16(17)18/h3-4,7H,5-6,8,14H2,1-2H3. The lowest BCUT2D eigenvalue weighted by Gasteiger charge is -2.15. The van der Waals surface area contributed by atoms with Gasteiger partial charge >= 0.3 is 5.69 Å². The summed E-state index contributed by atoms with van der Waals surface area (Å²) in [6.07, 6.45) is 0.494. The Kier molecular flexibility index (Phi) is 4.84. The van der Waals surface area contributed by atoms with Crippen molar-refractivity contribution >= 4 is 5.69 Å². The predicted molar refractivity (Wildman–Crippen MR) is 70.5 cm³/mol. The molecule has 1 aromatic carbocycles. The van der Waals surface area contributed by atoms with Crippen LogP contribution in [0.1, 0.15) is 25.8 Å². The molecule has 0 radical (unpaired) electrons. The molecule has 0 heterocycles. The molecule has 6 heteroatoms. The summed E-state index contributed by atoms with van der Waals surface area (Å²) in [4.78, 5) is 10.4. The molecular formula is C13H17N3O3. The van der Waals surface area contributed by atoms with E-state index in [1.165, 1.54) is 6.07 Å². The van der Waals surface area contributed by atoms with Gasteiger partial charge in [0.1, 0.15) is 0 Å². The number of rotatable bonds is 6. The van der Waals surface area contributed by atoms with Crippen LogP contribution in [0, 0.1) is 26.9 Å². The number of nitrogens with two attached hydrogens (primary N) is 1. The van der Waals surface area contributed by atoms with Crippen LogP contribution in [0.25, 0.3) is 0 Å². The van der Waals surface area contributed by atoms with E-state index in [2.05, 4.69) is 6.07 Å².